The van der Waals surface area contributed by atoms with E-state index < -0.39 is 17.7 Å². The summed E-state index contributed by atoms with van der Waals surface area (Å²) in [6.45, 7) is -0.199. The van der Waals surface area contributed by atoms with Crippen LogP contribution in [0.2, 0.25) is 0 Å². The number of carbonyl (C=O) groups is 2. The Hall–Kier alpha value is -2.69. The lowest BCUT2D eigenvalue weighted by molar-refractivity contribution is 0.0970. The Morgan fingerprint density at radius 2 is 1.67 bits per heavy atom. The summed E-state index contributed by atoms with van der Waals surface area (Å²) in [6.07, 6.45) is -0.719. The summed E-state index contributed by atoms with van der Waals surface area (Å²) in [4.78, 5) is 23.2. The van der Waals surface area contributed by atoms with Crippen molar-refractivity contribution >= 4 is 11.9 Å². The van der Waals surface area contributed by atoms with Crippen molar-refractivity contribution in [3.8, 4) is 0 Å². The Bertz CT molecular complexity index is 628. The molecule has 0 unspecified atom stereocenters. The van der Waals surface area contributed by atoms with E-state index in [9.17, 15) is 14.0 Å². The highest BCUT2D eigenvalue weighted by molar-refractivity contribution is 5.99. The second-order valence-electron chi connectivity index (χ2n) is 4.32. The third-order valence-corrected chi connectivity index (χ3v) is 2.78. The summed E-state index contributed by atoms with van der Waals surface area (Å²) in [5, 5.41) is 2.30. The summed E-state index contributed by atoms with van der Waals surface area (Å²) in [7, 11) is 0. The molecule has 21 heavy (non-hydrogen) atoms. The van der Waals surface area contributed by atoms with Gasteiger partial charge in [0.05, 0.1) is 12.1 Å². The lowest BCUT2D eigenvalue weighted by atomic mass is 10.1. The van der Waals surface area contributed by atoms with Crippen molar-refractivity contribution in [3.63, 3.8) is 0 Å². The molecule has 0 aliphatic heterocycles. The molecule has 0 atom stereocenters. The predicted octanol–water partition coefficient (Wildman–Crippen LogP) is 2.93. The number of hydrogen-bond donors (Lipinski definition) is 1. The Morgan fingerprint density at radius 3 is 2.38 bits per heavy atom. The highest BCUT2D eigenvalue weighted by Gasteiger charge is 2.12. The van der Waals surface area contributed by atoms with Gasteiger partial charge < -0.3 is 10.1 Å². The Morgan fingerprint density at radius 1 is 1.00 bits per heavy atom. The Labute approximate surface area is 121 Å². The van der Waals surface area contributed by atoms with E-state index in [0.717, 1.165) is 5.56 Å². The number of ketones is 1. The Kier molecular flexibility index (Phi) is 5.04. The number of hydrogen-bond acceptors (Lipinski definition) is 3. The van der Waals surface area contributed by atoms with E-state index >= 15 is 0 Å². The van der Waals surface area contributed by atoms with Gasteiger partial charge in [-0.1, -0.05) is 42.5 Å². The molecule has 1 N–H and O–H groups in total. The number of halogens is 1. The van der Waals surface area contributed by atoms with E-state index in [1.807, 2.05) is 30.3 Å². The first kappa shape index (κ1) is 14.7. The lowest BCUT2D eigenvalue weighted by Gasteiger charge is -2.07. The lowest BCUT2D eigenvalue weighted by Crippen LogP contribution is -2.30. The van der Waals surface area contributed by atoms with E-state index in [1.165, 1.54) is 18.2 Å². The molecule has 2 aromatic rings. The van der Waals surface area contributed by atoms with Gasteiger partial charge in [0.2, 0.25) is 0 Å². The van der Waals surface area contributed by atoms with Crippen LogP contribution in [0.1, 0.15) is 15.9 Å². The van der Waals surface area contributed by atoms with E-state index in [-0.39, 0.29) is 18.7 Å². The maximum Gasteiger partial charge on any atom is 0.407 e. The normalized spacial score (nSPS) is 9.95. The first-order chi connectivity index (χ1) is 10.2. The van der Waals surface area contributed by atoms with Crippen LogP contribution in [0.4, 0.5) is 9.18 Å². The first-order valence-corrected chi connectivity index (χ1v) is 6.39. The van der Waals surface area contributed by atoms with Crippen LogP contribution in [0, 0.1) is 5.82 Å². The molecule has 108 valence electrons. The number of amides is 1. The molecule has 2 rings (SSSR count). The van der Waals surface area contributed by atoms with Crippen molar-refractivity contribution in [1.82, 2.24) is 5.32 Å². The van der Waals surface area contributed by atoms with Crippen LogP contribution in [0.15, 0.2) is 54.6 Å². The van der Waals surface area contributed by atoms with Gasteiger partial charge in [0.25, 0.3) is 0 Å². The number of nitrogens with one attached hydrogen (secondary N) is 1. The third-order valence-electron chi connectivity index (χ3n) is 2.78. The highest BCUT2D eigenvalue weighted by Crippen LogP contribution is 2.06. The maximum atomic E-state index is 13.4. The molecule has 0 saturated carbocycles. The number of benzene rings is 2. The van der Waals surface area contributed by atoms with Crippen molar-refractivity contribution in [3.05, 3.63) is 71.5 Å². The van der Waals surface area contributed by atoms with Gasteiger partial charge in [-0.3, -0.25) is 4.79 Å². The molecule has 4 nitrogen and oxygen atoms in total. The molecule has 0 radical (unpaired) electrons. The monoisotopic (exact) mass is 287 g/mol. The summed E-state index contributed by atoms with van der Waals surface area (Å²) < 4.78 is 18.3. The molecule has 2 aromatic carbocycles. The molecular formula is C16H14FNO3. The largest absolute Gasteiger partial charge is 0.445 e. The average molecular weight is 287 g/mol. The molecule has 0 bridgehead atoms. The molecule has 0 saturated heterocycles. The molecule has 0 spiro atoms. The summed E-state index contributed by atoms with van der Waals surface area (Å²) in [5.74, 6) is -1.12. The van der Waals surface area contributed by atoms with E-state index in [4.69, 9.17) is 4.74 Å². The van der Waals surface area contributed by atoms with E-state index in [0.29, 0.717) is 0 Å². The van der Waals surface area contributed by atoms with Crippen LogP contribution in [0.5, 0.6) is 0 Å². The van der Waals surface area contributed by atoms with Crippen molar-refractivity contribution in [1.29, 1.82) is 0 Å². The minimum atomic E-state index is -0.719. The molecule has 5 heteroatoms. The number of alkyl carbamates (subject to hydrolysis) is 1. The van der Waals surface area contributed by atoms with E-state index in [2.05, 4.69) is 5.32 Å². The van der Waals surface area contributed by atoms with Gasteiger partial charge >= 0.3 is 6.09 Å². The quantitative estimate of drug-likeness (QED) is 0.860. The summed E-state index contributed by atoms with van der Waals surface area (Å²) in [6, 6.07) is 14.8. The fourth-order valence-electron chi connectivity index (χ4n) is 1.71. The molecule has 0 aromatic heterocycles. The highest BCUT2D eigenvalue weighted by atomic mass is 19.1. The van der Waals surface area contributed by atoms with Gasteiger partial charge in [0.15, 0.2) is 5.78 Å². The smallest absolute Gasteiger partial charge is 0.407 e. The first-order valence-electron chi connectivity index (χ1n) is 6.39. The standard InChI is InChI=1S/C16H14FNO3/c17-14-9-5-4-8-13(14)15(19)10-18-16(20)21-11-12-6-2-1-3-7-12/h1-9H,10-11H2,(H,18,20). The topological polar surface area (TPSA) is 55.4 Å². The predicted molar refractivity (Wildman–Crippen MR) is 75.4 cm³/mol. The van der Waals surface area contributed by atoms with Gasteiger partial charge in [-0.2, -0.15) is 0 Å². The van der Waals surface area contributed by atoms with Crippen molar-refractivity contribution in [2.75, 3.05) is 6.54 Å². The number of rotatable bonds is 5. The van der Waals surface area contributed by atoms with Crippen molar-refractivity contribution in [2.24, 2.45) is 0 Å². The molecule has 0 aliphatic rings. The van der Waals surface area contributed by atoms with Gasteiger partial charge in [0.1, 0.15) is 12.4 Å². The van der Waals surface area contributed by atoms with Gasteiger partial charge in [0, 0.05) is 0 Å². The zero-order valence-electron chi connectivity index (χ0n) is 11.2. The number of ether oxygens (including phenoxy) is 1. The molecular weight excluding hydrogens is 273 g/mol. The third kappa shape index (κ3) is 4.42. The van der Waals surface area contributed by atoms with Crippen LogP contribution < -0.4 is 5.32 Å². The van der Waals surface area contributed by atoms with Crippen LogP contribution >= 0.6 is 0 Å². The minimum Gasteiger partial charge on any atom is -0.445 e. The molecule has 0 aliphatic carbocycles. The maximum absolute atomic E-state index is 13.4. The van der Waals surface area contributed by atoms with Gasteiger partial charge in [-0.25, -0.2) is 9.18 Å². The van der Waals surface area contributed by atoms with Gasteiger partial charge in [-0.15, -0.1) is 0 Å². The Balaban J connectivity index is 1.79. The van der Waals surface area contributed by atoms with Gasteiger partial charge in [-0.05, 0) is 17.7 Å². The van der Waals surface area contributed by atoms with Crippen LogP contribution in [-0.4, -0.2) is 18.4 Å². The second kappa shape index (κ2) is 7.19. The summed E-state index contributed by atoms with van der Waals surface area (Å²) in [5.41, 5.74) is 0.786. The number of Topliss-reactive ketones (excluding diaryl/α,β-unsaturated/α-hetero) is 1. The van der Waals surface area contributed by atoms with Crippen LogP contribution in [0.3, 0.4) is 0 Å². The average Bonchev–Trinajstić information content (AvgIpc) is 2.52. The molecule has 0 heterocycles. The zero-order chi connectivity index (χ0) is 15.1. The molecule has 1 amide bonds. The zero-order valence-corrected chi connectivity index (χ0v) is 11.2. The fraction of sp³-hybridized carbons (Fsp3) is 0.125. The fourth-order valence-corrected chi connectivity index (χ4v) is 1.71. The van der Waals surface area contributed by atoms with Crippen LogP contribution in [0.25, 0.3) is 0 Å². The SMILES string of the molecule is O=C(NCC(=O)c1ccccc1F)OCc1ccccc1. The van der Waals surface area contributed by atoms with Crippen LogP contribution in [-0.2, 0) is 11.3 Å². The number of carbonyl (C=O) groups excluding carboxylic acids is 2. The second-order valence-corrected chi connectivity index (χ2v) is 4.32. The summed E-state index contributed by atoms with van der Waals surface area (Å²) >= 11 is 0. The molecule has 0 fully saturated rings. The minimum absolute atomic E-state index is 0.0548. The van der Waals surface area contributed by atoms with E-state index in [1.54, 1.807) is 6.07 Å². The van der Waals surface area contributed by atoms with Crippen molar-refractivity contribution in [2.45, 2.75) is 6.61 Å². The van der Waals surface area contributed by atoms with Crippen molar-refractivity contribution < 1.29 is 18.7 Å².